The van der Waals surface area contributed by atoms with Gasteiger partial charge in [0.2, 0.25) is 0 Å². The molecule has 0 unspecified atom stereocenters. The van der Waals surface area contributed by atoms with Gasteiger partial charge in [0.05, 0.1) is 0 Å². The highest BCUT2D eigenvalue weighted by Crippen LogP contribution is 2.31. The van der Waals surface area contributed by atoms with E-state index in [1.54, 1.807) is 6.08 Å². The van der Waals surface area contributed by atoms with Crippen LogP contribution in [0.3, 0.4) is 0 Å². The van der Waals surface area contributed by atoms with Crippen LogP contribution in [0.2, 0.25) is 0 Å². The molecule has 0 radical (unpaired) electrons. The highest BCUT2D eigenvalue weighted by Gasteiger charge is 2.22. The molecular formula is C26H38O2. The number of allylic oxidation sites excluding steroid dienone is 2. The number of cyclic esters (lactones) is 1. The van der Waals surface area contributed by atoms with Crippen molar-refractivity contribution in [2.75, 3.05) is 0 Å². The fourth-order valence-electron chi connectivity index (χ4n) is 4.01. The number of fused-ring (bicyclic) bond motifs is 2. The summed E-state index contributed by atoms with van der Waals surface area (Å²) < 4.78 is 5.86. The second-order valence-electron chi connectivity index (χ2n) is 8.85. The molecule has 2 bridgehead atoms. The van der Waals surface area contributed by atoms with Crippen LogP contribution < -0.4 is 0 Å². The van der Waals surface area contributed by atoms with Crippen molar-refractivity contribution in [3.63, 3.8) is 0 Å². The molecule has 1 aromatic rings. The van der Waals surface area contributed by atoms with Crippen molar-refractivity contribution in [2.45, 2.75) is 91.1 Å². The SMILES string of the molecule is CCC(/C=C(/C)[C@@H]1CCCCC(C)(C)c2cccc(c2)C/C=C/C(=O)O1)CC. The maximum atomic E-state index is 12.4. The number of esters is 1. The van der Waals surface area contributed by atoms with Crippen molar-refractivity contribution < 1.29 is 9.53 Å². The number of benzene rings is 1. The lowest BCUT2D eigenvalue weighted by atomic mass is 9.79. The third kappa shape index (κ3) is 6.65. The summed E-state index contributed by atoms with van der Waals surface area (Å²) in [5, 5.41) is 0. The Bertz CT molecular complexity index is 692. The van der Waals surface area contributed by atoms with Gasteiger partial charge in [-0.3, -0.25) is 0 Å². The van der Waals surface area contributed by atoms with E-state index >= 15 is 0 Å². The predicted molar refractivity (Wildman–Crippen MR) is 118 cm³/mol. The van der Waals surface area contributed by atoms with Gasteiger partial charge in [-0.1, -0.05) is 70.5 Å². The maximum Gasteiger partial charge on any atom is 0.331 e. The third-order valence-corrected chi connectivity index (χ3v) is 6.15. The summed E-state index contributed by atoms with van der Waals surface area (Å²) in [5.41, 5.74) is 4.00. The number of rotatable bonds is 4. The fourth-order valence-corrected chi connectivity index (χ4v) is 4.01. The van der Waals surface area contributed by atoms with Gasteiger partial charge in [-0.2, -0.15) is 0 Å². The Morgan fingerprint density at radius 1 is 1.25 bits per heavy atom. The number of hydrogen-bond acceptors (Lipinski definition) is 2. The van der Waals surface area contributed by atoms with Crippen molar-refractivity contribution >= 4 is 5.97 Å². The summed E-state index contributed by atoms with van der Waals surface area (Å²) in [6, 6.07) is 8.78. The standard InChI is InChI=1S/C26H38O2/c1-6-21(7-2)18-20(3)24-15-8-9-17-26(4,5)23-14-10-12-22(19-23)13-11-16-25(27)28-24/h10-12,14,16,18-19,21,24H,6-9,13,15,17H2,1-5H3/b16-11+,20-18-/t24-/m0/s1. The highest BCUT2D eigenvalue weighted by atomic mass is 16.5. The van der Waals surface area contributed by atoms with Gasteiger partial charge in [-0.15, -0.1) is 0 Å². The smallest absolute Gasteiger partial charge is 0.331 e. The van der Waals surface area contributed by atoms with Gasteiger partial charge in [0.1, 0.15) is 6.10 Å². The average molecular weight is 383 g/mol. The van der Waals surface area contributed by atoms with Gasteiger partial charge in [-0.05, 0) is 73.5 Å². The monoisotopic (exact) mass is 382 g/mol. The van der Waals surface area contributed by atoms with Gasteiger partial charge in [0.25, 0.3) is 0 Å². The lowest BCUT2D eigenvalue weighted by molar-refractivity contribution is -0.141. The van der Waals surface area contributed by atoms with E-state index in [0.29, 0.717) is 5.92 Å². The Labute approximate surface area is 172 Å². The van der Waals surface area contributed by atoms with Crippen LogP contribution in [-0.2, 0) is 21.4 Å². The van der Waals surface area contributed by atoms with E-state index in [9.17, 15) is 4.79 Å². The summed E-state index contributed by atoms with van der Waals surface area (Å²) in [6.07, 6.45) is 13.0. The zero-order valence-corrected chi connectivity index (χ0v) is 18.5. The van der Waals surface area contributed by atoms with E-state index in [2.05, 4.69) is 65.0 Å². The minimum absolute atomic E-state index is 0.110. The maximum absolute atomic E-state index is 12.4. The molecule has 1 heterocycles. The molecule has 0 saturated carbocycles. The molecule has 0 amide bonds. The molecule has 154 valence electrons. The summed E-state index contributed by atoms with van der Waals surface area (Å²) >= 11 is 0. The van der Waals surface area contributed by atoms with E-state index in [-0.39, 0.29) is 17.5 Å². The molecule has 2 rings (SSSR count). The summed E-state index contributed by atoms with van der Waals surface area (Å²) in [6.45, 7) is 11.2. The molecule has 1 aromatic carbocycles. The fraction of sp³-hybridized carbons (Fsp3) is 0.577. The van der Waals surface area contributed by atoms with Gasteiger partial charge in [-0.25, -0.2) is 4.79 Å². The van der Waals surface area contributed by atoms with Gasteiger partial charge >= 0.3 is 5.97 Å². The Morgan fingerprint density at radius 2 is 2.00 bits per heavy atom. The van der Waals surface area contributed by atoms with Crippen molar-refractivity contribution in [1.29, 1.82) is 0 Å². The number of ether oxygens (including phenoxy) is 1. The Kier molecular flexibility index (Phi) is 8.54. The molecule has 1 atom stereocenters. The first-order valence-electron chi connectivity index (χ1n) is 11.0. The van der Waals surface area contributed by atoms with Crippen molar-refractivity contribution in [3.05, 3.63) is 59.2 Å². The van der Waals surface area contributed by atoms with Crippen LogP contribution in [0.5, 0.6) is 0 Å². The van der Waals surface area contributed by atoms with Crippen molar-refractivity contribution in [2.24, 2.45) is 5.92 Å². The molecule has 0 N–H and O–H groups in total. The largest absolute Gasteiger partial charge is 0.455 e. The molecule has 2 nitrogen and oxygen atoms in total. The minimum Gasteiger partial charge on any atom is -0.455 e. The Morgan fingerprint density at radius 3 is 2.71 bits per heavy atom. The Hall–Kier alpha value is -1.83. The number of carbonyl (C=O) groups is 1. The van der Waals surface area contributed by atoms with Crippen LogP contribution in [-0.4, -0.2) is 12.1 Å². The van der Waals surface area contributed by atoms with Gasteiger partial charge in [0.15, 0.2) is 0 Å². The predicted octanol–water partition coefficient (Wildman–Crippen LogP) is 6.93. The van der Waals surface area contributed by atoms with E-state index in [4.69, 9.17) is 4.74 Å². The zero-order valence-electron chi connectivity index (χ0n) is 18.5. The third-order valence-electron chi connectivity index (χ3n) is 6.15. The van der Waals surface area contributed by atoms with Crippen LogP contribution in [0, 0.1) is 5.92 Å². The lowest BCUT2D eigenvalue weighted by Crippen LogP contribution is -2.21. The quantitative estimate of drug-likeness (QED) is 0.417. The summed E-state index contributed by atoms with van der Waals surface area (Å²) in [7, 11) is 0. The second-order valence-corrected chi connectivity index (χ2v) is 8.85. The van der Waals surface area contributed by atoms with Crippen LogP contribution in [0.1, 0.15) is 84.3 Å². The molecular weight excluding hydrogens is 344 g/mol. The lowest BCUT2D eigenvalue weighted by Gasteiger charge is -2.27. The first-order chi connectivity index (χ1) is 13.4. The molecule has 0 fully saturated rings. The number of hydrogen-bond donors (Lipinski definition) is 0. The zero-order chi connectivity index (χ0) is 20.6. The van der Waals surface area contributed by atoms with Crippen LogP contribution in [0.15, 0.2) is 48.1 Å². The molecule has 2 heteroatoms. The Balaban J connectivity index is 2.21. The molecule has 0 aliphatic carbocycles. The van der Waals surface area contributed by atoms with Crippen molar-refractivity contribution in [3.8, 4) is 0 Å². The average Bonchev–Trinajstić information content (AvgIpc) is 2.67. The minimum atomic E-state index is -0.226. The first-order valence-corrected chi connectivity index (χ1v) is 11.0. The summed E-state index contributed by atoms with van der Waals surface area (Å²) in [4.78, 5) is 12.4. The van der Waals surface area contributed by atoms with E-state index in [1.165, 1.54) is 16.7 Å². The molecule has 0 saturated heterocycles. The molecule has 0 aromatic heterocycles. The molecule has 1 aliphatic heterocycles. The van der Waals surface area contributed by atoms with E-state index in [0.717, 1.165) is 44.9 Å². The first kappa shape index (κ1) is 22.5. The molecule has 28 heavy (non-hydrogen) atoms. The van der Waals surface area contributed by atoms with Gasteiger partial charge in [0, 0.05) is 6.08 Å². The molecule has 0 spiro atoms. The van der Waals surface area contributed by atoms with E-state index < -0.39 is 0 Å². The van der Waals surface area contributed by atoms with E-state index in [1.807, 2.05) is 6.08 Å². The summed E-state index contributed by atoms with van der Waals surface area (Å²) in [5.74, 6) is 0.335. The van der Waals surface area contributed by atoms with Gasteiger partial charge < -0.3 is 4.74 Å². The van der Waals surface area contributed by atoms with Crippen LogP contribution >= 0.6 is 0 Å². The van der Waals surface area contributed by atoms with Crippen molar-refractivity contribution in [1.82, 2.24) is 0 Å². The second kappa shape index (κ2) is 10.6. The topological polar surface area (TPSA) is 26.3 Å². The van der Waals surface area contributed by atoms with Crippen LogP contribution in [0.25, 0.3) is 0 Å². The number of carbonyl (C=O) groups excluding carboxylic acids is 1. The normalized spacial score (nSPS) is 22.4. The molecule has 1 aliphatic rings. The van der Waals surface area contributed by atoms with Crippen LogP contribution in [0.4, 0.5) is 0 Å². The highest BCUT2D eigenvalue weighted by molar-refractivity contribution is 5.82.